The van der Waals surface area contributed by atoms with Gasteiger partial charge in [-0.05, 0) is 69.2 Å². The molecule has 0 radical (unpaired) electrons. The van der Waals surface area contributed by atoms with Crippen molar-refractivity contribution in [1.82, 2.24) is 4.72 Å². The summed E-state index contributed by atoms with van der Waals surface area (Å²) in [6, 6.07) is 13.6. The molecule has 0 bridgehead atoms. The third-order valence-electron chi connectivity index (χ3n) is 3.57. The van der Waals surface area contributed by atoms with E-state index in [1.807, 2.05) is 25.1 Å². The predicted octanol–water partition coefficient (Wildman–Crippen LogP) is 3.34. The summed E-state index contributed by atoms with van der Waals surface area (Å²) >= 11 is 0. The van der Waals surface area contributed by atoms with E-state index >= 15 is 0 Å². The van der Waals surface area contributed by atoms with Gasteiger partial charge in [-0.25, -0.2) is 13.1 Å². The van der Waals surface area contributed by atoms with Gasteiger partial charge in [-0.3, -0.25) is 4.79 Å². The zero-order valence-corrected chi connectivity index (χ0v) is 16.9. The summed E-state index contributed by atoms with van der Waals surface area (Å²) < 4.78 is 32.6. The van der Waals surface area contributed by atoms with Crippen LogP contribution >= 0.6 is 0 Å². The number of benzene rings is 2. The maximum atomic E-state index is 12.3. The molecule has 0 unspecified atom stereocenters. The number of carbonyl (C=O) groups excluding carboxylic acids is 1. The van der Waals surface area contributed by atoms with E-state index in [-0.39, 0.29) is 17.4 Å². The monoisotopic (exact) mass is 390 g/mol. The predicted molar refractivity (Wildman–Crippen MR) is 106 cm³/mol. The average Bonchev–Trinajstić information content (AvgIpc) is 2.58. The second-order valence-corrected chi connectivity index (χ2v) is 8.90. The van der Waals surface area contributed by atoms with E-state index < -0.39 is 15.6 Å². The van der Waals surface area contributed by atoms with Crippen LogP contribution in [0.15, 0.2) is 53.4 Å². The molecule has 2 N–H and O–H groups in total. The number of rotatable bonds is 7. The molecule has 0 aliphatic carbocycles. The molecule has 1 amide bonds. The molecule has 27 heavy (non-hydrogen) atoms. The van der Waals surface area contributed by atoms with Crippen molar-refractivity contribution in [2.24, 2.45) is 0 Å². The summed E-state index contributed by atoms with van der Waals surface area (Å²) in [5, 5.41) is 2.69. The lowest BCUT2D eigenvalue weighted by Crippen LogP contribution is -2.40. The molecule has 0 aliphatic rings. The van der Waals surface area contributed by atoms with Crippen molar-refractivity contribution < 1.29 is 17.9 Å². The summed E-state index contributed by atoms with van der Waals surface area (Å²) in [5.41, 5.74) is 1.06. The molecule has 0 aromatic heterocycles. The minimum atomic E-state index is -3.60. The zero-order chi connectivity index (χ0) is 20.1. The van der Waals surface area contributed by atoms with Crippen LogP contribution in [0.5, 0.6) is 5.75 Å². The zero-order valence-electron chi connectivity index (χ0n) is 16.1. The van der Waals surface area contributed by atoms with Gasteiger partial charge in [0.25, 0.3) is 5.91 Å². The first-order valence-corrected chi connectivity index (χ1v) is 10.2. The smallest absolute Gasteiger partial charge is 0.262 e. The number of amides is 1. The van der Waals surface area contributed by atoms with Gasteiger partial charge < -0.3 is 10.1 Å². The number of hydrogen-bond acceptors (Lipinski definition) is 4. The fraction of sp³-hybridized carbons (Fsp3) is 0.350. The molecule has 0 spiro atoms. The van der Waals surface area contributed by atoms with Gasteiger partial charge in [0.1, 0.15) is 5.75 Å². The van der Waals surface area contributed by atoms with Gasteiger partial charge in [-0.1, -0.05) is 19.1 Å². The highest BCUT2D eigenvalue weighted by Crippen LogP contribution is 2.17. The van der Waals surface area contributed by atoms with Gasteiger partial charge in [-0.15, -0.1) is 0 Å². The summed E-state index contributed by atoms with van der Waals surface area (Å²) in [4.78, 5) is 12.2. The molecule has 146 valence electrons. The highest BCUT2D eigenvalue weighted by molar-refractivity contribution is 7.89. The first-order valence-electron chi connectivity index (χ1n) is 8.75. The van der Waals surface area contributed by atoms with Crippen LogP contribution in [0.1, 0.15) is 33.3 Å². The van der Waals surface area contributed by atoms with Gasteiger partial charge >= 0.3 is 0 Å². The van der Waals surface area contributed by atoms with E-state index in [4.69, 9.17) is 4.74 Å². The van der Waals surface area contributed by atoms with Crippen molar-refractivity contribution in [2.75, 3.05) is 11.9 Å². The van der Waals surface area contributed by atoms with E-state index in [1.54, 1.807) is 39.0 Å². The first-order chi connectivity index (χ1) is 12.6. The Kier molecular flexibility index (Phi) is 6.62. The minimum absolute atomic E-state index is 0.126. The summed E-state index contributed by atoms with van der Waals surface area (Å²) in [6.45, 7) is 7.24. The van der Waals surface area contributed by atoms with Crippen LogP contribution in [0, 0.1) is 0 Å². The second kappa shape index (κ2) is 8.54. The number of aryl methyl sites for hydroxylation is 1. The largest absolute Gasteiger partial charge is 0.484 e. The lowest BCUT2D eigenvalue weighted by Gasteiger charge is -2.20. The van der Waals surface area contributed by atoms with Crippen LogP contribution in [-0.4, -0.2) is 26.5 Å². The molecule has 2 aromatic rings. The van der Waals surface area contributed by atoms with Crippen LogP contribution in [-0.2, 0) is 21.2 Å². The van der Waals surface area contributed by atoms with Gasteiger partial charge in [-0.2, -0.15) is 0 Å². The number of anilines is 1. The normalized spacial score (nSPS) is 11.9. The van der Waals surface area contributed by atoms with Crippen molar-refractivity contribution in [3.8, 4) is 5.75 Å². The number of sulfonamides is 1. The van der Waals surface area contributed by atoms with Gasteiger partial charge in [0.2, 0.25) is 10.0 Å². The molecule has 2 aromatic carbocycles. The Labute approximate surface area is 161 Å². The Hall–Kier alpha value is -2.38. The molecule has 0 saturated heterocycles. The Balaban J connectivity index is 1.94. The van der Waals surface area contributed by atoms with Crippen molar-refractivity contribution >= 4 is 21.6 Å². The molecule has 0 fully saturated rings. The Bertz CT molecular complexity index is 885. The molecule has 0 atom stereocenters. The fourth-order valence-corrected chi connectivity index (χ4v) is 3.80. The molecule has 0 aliphatic heterocycles. The first kappa shape index (κ1) is 20.9. The lowest BCUT2D eigenvalue weighted by atomic mass is 10.1. The Morgan fingerprint density at radius 3 is 2.33 bits per heavy atom. The van der Waals surface area contributed by atoms with Crippen LogP contribution in [0.3, 0.4) is 0 Å². The van der Waals surface area contributed by atoms with Gasteiger partial charge in [0.05, 0.1) is 4.90 Å². The van der Waals surface area contributed by atoms with E-state index in [1.165, 1.54) is 12.1 Å². The number of ether oxygens (including phenoxy) is 1. The highest BCUT2D eigenvalue weighted by atomic mass is 32.2. The van der Waals surface area contributed by atoms with Crippen molar-refractivity contribution in [3.63, 3.8) is 0 Å². The maximum Gasteiger partial charge on any atom is 0.262 e. The quantitative estimate of drug-likeness (QED) is 0.759. The third-order valence-corrected chi connectivity index (χ3v) is 5.34. The maximum absolute atomic E-state index is 12.3. The average molecular weight is 391 g/mol. The van der Waals surface area contributed by atoms with Crippen LogP contribution in [0.4, 0.5) is 5.69 Å². The molecular weight excluding hydrogens is 364 g/mol. The van der Waals surface area contributed by atoms with Gasteiger partial charge in [0.15, 0.2) is 6.61 Å². The second-order valence-electron chi connectivity index (χ2n) is 7.22. The van der Waals surface area contributed by atoms with Crippen molar-refractivity contribution in [3.05, 3.63) is 54.1 Å². The summed E-state index contributed by atoms with van der Waals surface area (Å²) in [5.74, 6) is 0.319. The van der Waals surface area contributed by atoms with Crippen LogP contribution in [0.25, 0.3) is 0 Å². The third kappa shape index (κ3) is 6.69. The SMILES string of the molecule is CCc1cccc(OCC(=O)Nc2ccc(S(=O)(=O)NC(C)(C)C)cc2)c1. The van der Waals surface area contributed by atoms with Crippen molar-refractivity contribution in [2.45, 2.75) is 44.6 Å². The summed E-state index contributed by atoms with van der Waals surface area (Å²) in [7, 11) is -3.60. The molecule has 2 rings (SSSR count). The highest BCUT2D eigenvalue weighted by Gasteiger charge is 2.21. The van der Waals surface area contributed by atoms with E-state index in [0.29, 0.717) is 11.4 Å². The van der Waals surface area contributed by atoms with Crippen LogP contribution in [0.2, 0.25) is 0 Å². The lowest BCUT2D eigenvalue weighted by molar-refractivity contribution is -0.118. The van der Waals surface area contributed by atoms with Gasteiger partial charge in [0, 0.05) is 11.2 Å². The summed E-state index contributed by atoms with van der Waals surface area (Å²) in [6.07, 6.45) is 0.892. The van der Waals surface area contributed by atoms with Crippen LogP contribution < -0.4 is 14.8 Å². The Morgan fingerprint density at radius 1 is 1.07 bits per heavy atom. The fourth-order valence-electron chi connectivity index (χ4n) is 2.38. The molecule has 0 heterocycles. The molecule has 0 saturated carbocycles. The number of hydrogen-bond donors (Lipinski definition) is 2. The van der Waals surface area contributed by atoms with Crippen molar-refractivity contribution in [1.29, 1.82) is 0 Å². The minimum Gasteiger partial charge on any atom is -0.484 e. The standard InChI is InChI=1S/C20H26N2O4S/c1-5-15-7-6-8-17(13-15)26-14-19(23)21-16-9-11-18(12-10-16)27(24,25)22-20(2,3)4/h6-13,22H,5,14H2,1-4H3,(H,21,23). The number of carbonyl (C=O) groups is 1. The number of nitrogens with one attached hydrogen (secondary N) is 2. The van der Waals surface area contributed by atoms with E-state index in [0.717, 1.165) is 12.0 Å². The molecule has 7 heteroatoms. The Morgan fingerprint density at radius 2 is 1.74 bits per heavy atom. The van der Waals surface area contributed by atoms with E-state index in [9.17, 15) is 13.2 Å². The topological polar surface area (TPSA) is 84.5 Å². The molecule has 6 nitrogen and oxygen atoms in total. The van der Waals surface area contributed by atoms with E-state index in [2.05, 4.69) is 10.0 Å². The molecular formula is C20H26N2O4S.